The second-order valence-corrected chi connectivity index (χ2v) is 5.31. The maximum Gasteiger partial charge on any atom is 0.0940 e. The van der Waals surface area contributed by atoms with Gasteiger partial charge in [0, 0.05) is 18.8 Å². The quantitative estimate of drug-likeness (QED) is 0.691. The molecule has 0 saturated carbocycles. The minimum atomic E-state index is -0.887. The third-order valence-corrected chi connectivity index (χ3v) is 3.56. The number of piperidine rings is 1. The molecule has 72 valence electrons. The Morgan fingerprint density at radius 1 is 1.67 bits per heavy atom. The van der Waals surface area contributed by atoms with E-state index < -0.39 is 16.6 Å². The Morgan fingerprint density at radius 2 is 2.33 bits per heavy atom. The highest BCUT2D eigenvalue weighted by molar-refractivity contribution is 7.82. The molecule has 1 rings (SSSR count). The van der Waals surface area contributed by atoms with E-state index in [4.69, 9.17) is 0 Å². The van der Waals surface area contributed by atoms with Crippen molar-refractivity contribution in [2.24, 2.45) is 0 Å². The van der Waals surface area contributed by atoms with Crippen molar-refractivity contribution in [3.05, 3.63) is 0 Å². The minimum absolute atomic E-state index is 0.549. The Balaban J connectivity index is 2.52. The zero-order valence-electron chi connectivity index (χ0n) is 7.75. The van der Waals surface area contributed by atoms with E-state index in [9.17, 15) is 9.32 Å². The topological polar surface area (TPSA) is 40.5 Å². The van der Waals surface area contributed by atoms with Gasteiger partial charge in [0.1, 0.15) is 0 Å². The van der Waals surface area contributed by atoms with E-state index in [1.54, 1.807) is 0 Å². The Labute approximate surface area is 76.4 Å². The van der Waals surface area contributed by atoms with E-state index in [0.717, 1.165) is 19.4 Å². The summed E-state index contributed by atoms with van der Waals surface area (Å²) in [5.74, 6) is 0.649. The van der Waals surface area contributed by atoms with Gasteiger partial charge in [-0.2, -0.15) is 0 Å². The average molecular weight is 191 g/mol. The molecule has 0 amide bonds. The van der Waals surface area contributed by atoms with Gasteiger partial charge in [-0.3, -0.25) is 0 Å². The van der Waals surface area contributed by atoms with E-state index >= 15 is 0 Å². The van der Waals surface area contributed by atoms with E-state index in [1.807, 2.05) is 18.2 Å². The molecule has 1 N–H and O–H groups in total. The summed E-state index contributed by atoms with van der Waals surface area (Å²) in [5, 5.41) is 9.71. The predicted molar refractivity (Wildman–Crippen MR) is 50.1 cm³/mol. The molecule has 3 nitrogen and oxygen atoms in total. The first-order valence-electron chi connectivity index (χ1n) is 4.41. The van der Waals surface area contributed by atoms with Crippen LogP contribution in [-0.4, -0.2) is 38.1 Å². The van der Waals surface area contributed by atoms with Crippen LogP contribution in [0.1, 0.15) is 26.7 Å². The summed E-state index contributed by atoms with van der Waals surface area (Å²) in [6.45, 7) is 5.12. The number of rotatable bonds is 2. The molecule has 4 heteroatoms. The molecule has 1 fully saturated rings. The first-order chi connectivity index (χ1) is 5.55. The van der Waals surface area contributed by atoms with Crippen LogP contribution in [0.15, 0.2) is 0 Å². The molecule has 1 aliphatic heterocycles. The molecule has 1 saturated heterocycles. The van der Waals surface area contributed by atoms with Crippen LogP contribution in [0.3, 0.4) is 0 Å². The normalized spacial score (nSPS) is 34.9. The lowest BCUT2D eigenvalue weighted by atomic mass is 9.97. The van der Waals surface area contributed by atoms with Crippen LogP contribution in [0.2, 0.25) is 0 Å². The van der Waals surface area contributed by atoms with Crippen LogP contribution in [-0.2, 0) is 11.0 Å². The Bertz CT molecular complexity index is 182. The maximum absolute atomic E-state index is 11.4. The third-order valence-electron chi connectivity index (χ3n) is 2.17. The van der Waals surface area contributed by atoms with Gasteiger partial charge in [-0.15, -0.1) is 0 Å². The summed E-state index contributed by atoms with van der Waals surface area (Å²) in [6.07, 6.45) is 1.77. The monoisotopic (exact) mass is 191 g/mol. The number of hydrogen-bond acceptors (Lipinski definition) is 2. The first-order valence-corrected chi connectivity index (χ1v) is 5.68. The van der Waals surface area contributed by atoms with Crippen LogP contribution in [0.5, 0.6) is 0 Å². The van der Waals surface area contributed by atoms with Crippen molar-refractivity contribution < 1.29 is 9.32 Å². The van der Waals surface area contributed by atoms with Gasteiger partial charge >= 0.3 is 0 Å². The summed E-state index contributed by atoms with van der Waals surface area (Å²) < 4.78 is 13.2. The van der Waals surface area contributed by atoms with Crippen molar-refractivity contribution in [1.29, 1.82) is 0 Å². The van der Waals surface area contributed by atoms with Crippen LogP contribution in [0.4, 0.5) is 0 Å². The van der Waals surface area contributed by atoms with Gasteiger partial charge in [-0.1, -0.05) is 6.92 Å². The number of β-amino-alcohol motifs (C(OH)–C–C–N with tert-alkyl or cyclic N) is 1. The Kier molecular flexibility index (Phi) is 3.26. The first kappa shape index (κ1) is 10.2. The van der Waals surface area contributed by atoms with Crippen molar-refractivity contribution in [2.45, 2.75) is 32.3 Å². The highest BCUT2D eigenvalue weighted by Crippen LogP contribution is 2.21. The van der Waals surface area contributed by atoms with Crippen LogP contribution < -0.4 is 0 Å². The predicted octanol–water partition coefficient (Wildman–Crippen LogP) is 0.517. The lowest BCUT2D eigenvalue weighted by Crippen LogP contribution is -2.46. The fraction of sp³-hybridized carbons (Fsp3) is 1.00. The zero-order valence-corrected chi connectivity index (χ0v) is 8.56. The third kappa shape index (κ3) is 2.54. The molecule has 0 bridgehead atoms. The van der Waals surface area contributed by atoms with Crippen molar-refractivity contribution in [1.82, 2.24) is 4.31 Å². The highest BCUT2D eigenvalue weighted by Gasteiger charge is 2.30. The SMILES string of the molecule is CCS(=O)N1CCCC(C)(O)C1. The zero-order chi connectivity index (χ0) is 9.19. The van der Waals surface area contributed by atoms with Crippen LogP contribution in [0, 0.1) is 0 Å². The lowest BCUT2D eigenvalue weighted by molar-refractivity contribution is 0.0108. The van der Waals surface area contributed by atoms with E-state index in [1.165, 1.54) is 0 Å². The maximum atomic E-state index is 11.4. The smallest absolute Gasteiger partial charge is 0.0940 e. The Morgan fingerprint density at radius 3 is 2.83 bits per heavy atom. The fourth-order valence-electron chi connectivity index (χ4n) is 1.53. The van der Waals surface area contributed by atoms with E-state index in [0.29, 0.717) is 12.3 Å². The molecule has 0 spiro atoms. The summed E-state index contributed by atoms with van der Waals surface area (Å²) >= 11 is 0. The summed E-state index contributed by atoms with van der Waals surface area (Å²) in [5.41, 5.74) is -0.636. The molecule has 0 aromatic rings. The fourth-order valence-corrected chi connectivity index (χ4v) is 2.65. The van der Waals surface area contributed by atoms with Gasteiger partial charge in [0.2, 0.25) is 0 Å². The molecule has 1 heterocycles. The Hall–Kier alpha value is 0.0700. The summed E-state index contributed by atoms with van der Waals surface area (Å²) in [6, 6.07) is 0. The molecule has 2 unspecified atom stereocenters. The number of nitrogens with zero attached hydrogens (tertiary/aromatic N) is 1. The summed E-state index contributed by atoms with van der Waals surface area (Å²) in [7, 11) is -0.887. The average Bonchev–Trinajstić information content (AvgIpc) is 2.01. The van der Waals surface area contributed by atoms with Gasteiger partial charge in [0.25, 0.3) is 0 Å². The van der Waals surface area contributed by atoms with Gasteiger partial charge < -0.3 is 5.11 Å². The van der Waals surface area contributed by atoms with E-state index in [-0.39, 0.29) is 0 Å². The van der Waals surface area contributed by atoms with Crippen molar-refractivity contribution in [3.63, 3.8) is 0 Å². The molecule has 0 radical (unpaired) electrons. The van der Waals surface area contributed by atoms with E-state index in [2.05, 4.69) is 0 Å². The molecular weight excluding hydrogens is 174 g/mol. The molecule has 0 aromatic carbocycles. The molecule has 2 atom stereocenters. The number of aliphatic hydroxyl groups is 1. The van der Waals surface area contributed by atoms with Crippen molar-refractivity contribution >= 4 is 11.0 Å². The summed E-state index contributed by atoms with van der Waals surface area (Å²) in [4.78, 5) is 0. The molecule has 1 aliphatic rings. The second-order valence-electron chi connectivity index (χ2n) is 3.57. The lowest BCUT2D eigenvalue weighted by Gasteiger charge is -2.35. The van der Waals surface area contributed by atoms with Gasteiger partial charge in [-0.25, -0.2) is 8.51 Å². The van der Waals surface area contributed by atoms with Crippen LogP contribution in [0.25, 0.3) is 0 Å². The largest absolute Gasteiger partial charge is 0.389 e. The molecule has 0 aliphatic carbocycles. The standard InChI is InChI=1S/C8H17NO2S/c1-3-12(11)9-6-4-5-8(2,10)7-9/h10H,3-7H2,1-2H3. The van der Waals surface area contributed by atoms with Gasteiger partial charge in [0.15, 0.2) is 0 Å². The van der Waals surface area contributed by atoms with Gasteiger partial charge in [-0.05, 0) is 19.8 Å². The second kappa shape index (κ2) is 3.85. The van der Waals surface area contributed by atoms with Gasteiger partial charge in [0.05, 0.1) is 16.6 Å². The molecule has 12 heavy (non-hydrogen) atoms. The van der Waals surface area contributed by atoms with Crippen molar-refractivity contribution in [3.8, 4) is 0 Å². The van der Waals surface area contributed by atoms with Crippen LogP contribution >= 0.6 is 0 Å². The number of hydrogen-bond donors (Lipinski definition) is 1. The highest BCUT2D eigenvalue weighted by atomic mass is 32.2. The molecular formula is C8H17NO2S. The molecule has 0 aromatic heterocycles. The minimum Gasteiger partial charge on any atom is -0.389 e. The van der Waals surface area contributed by atoms with Crippen molar-refractivity contribution in [2.75, 3.05) is 18.8 Å².